The largest absolute Gasteiger partial charge is 0.399 e. The molecule has 0 bridgehead atoms. The number of rotatable bonds is 9. The highest BCUT2D eigenvalue weighted by Gasteiger charge is 2.29. The van der Waals surface area contributed by atoms with E-state index >= 15 is 0 Å². The van der Waals surface area contributed by atoms with E-state index in [0.717, 1.165) is 49.3 Å². The van der Waals surface area contributed by atoms with Gasteiger partial charge in [0.2, 0.25) is 5.95 Å². The van der Waals surface area contributed by atoms with Crippen molar-refractivity contribution in [3.63, 3.8) is 0 Å². The number of carbonyl (C=O) groups is 1. The molecule has 36 heavy (non-hydrogen) atoms. The van der Waals surface area contributed by atoms with Gasteiger partial charge in [-0.2, -0.15) is 0 Å². The molecule has 1 aromatic heterocycles. The number of nitrogens with zero attached hydrogens (tertiary/aromatic N) is 3. The molecule has 190 valence electrons. The molecule has 2 heterocycles. The molecule has 8 heteroatoms. The van der Waals surface area contributed by atoms with E-state index in [9.17, 15) is 9.18 Å². The van der Waals surface area contributed by atoms with E-state index in [0.29, 0.717) is 11.6 Å². The molecule has 3 aromatic rings. The molecule has 0 radical (unpaired) electrons. The van der Waals surface area contributed by atoms with Crippen LogP contribution in [-0.4, -0.2) is 32.9 Å². The number of nitrogens with two attached hydrogens (primary N) is 1. The molecule has 1 aliphatic rings. The van der Waals surface area contributed by atoms with Crippen LogP contribution in [0.1, 0.15) is 65.9 Å². The van der Waals surface area contributed by atoms with Crippen molar-refractivity contribution in [3.8, 4) is 0 Å². The van der Waals surface area contributed by atoms with Crippen molar-refractivity contribution in [1.29, 1.82) is 0 Å². The Morgan fingerprint density at radius 2 is 1.92 bits per heavy atom. The number of benzene rings is 2. The van der Waals surface area contributed by atoms with E-state index in [1.807, 2.05) is 13.1 Å². The predicted molar refractivity (Wildman–Crippen MR) is 142 cm³/mol. The Hall–Kier alpha value is -3.52. The summed E-state index contributed by atoms with van der Waals surface area (Å²) in [6, 6.07) is 10.6. The number of hydrogen-bond acceptors (Lipinski definition) is 6. The number of carbonyl (C=O) groups excluding carboxylic acids is 1. The topological polar surface area (TPSA) is 96.2 Å². The van der Waals surface area contributed by atoms with Crippen molar-refractivity contribution >= 4 is 23.2 Å². The van der Waals surface area contributed by atoms with E-state index in [1.54, 1.807) is 0 Å². The molecule has 0 saturated heterocycles. The Balaban J connectivity index is 1.40. The van der Waals surface area contributed by atoms with Crippen molar-refractivity contribution in [2.75, 3.05) is 11.1 Å². The smallest absolute Gasteiger partial charge is 0.254 e. The molecular formula is C28H35FN6O. The molecule has 4 rings (SSSR count). The highest BCUT2D eigenvalue weighted by molar-refractivity contribution is 5.95. The third-order valence-electron chi connectivity index (χ3n) is 6.54. The van der Waals surface area contributed by atoms with Gasteiger partial charge < -0.3 is 16.4 Å². The summed E-state index contributed by atoms with van der Waals surface area (Å²) in [6.45, 7) is 9.78. The molecule has 0 aliphatic carbocycles. The number of nitrogen functional groups attached to an aromatic ring is 1. The van der Waals surface area contributed by atoms with Gasteiger partial charge in [0.05, 0.1) is 11.3 Å². The highest BCUT2D eigenvalue weighted by atomic mass is 19.1. The molecule has 1 aliphatic heterocycles. The first-order chi connectivity index (χ1) is 17.2. The van der Waals surface area contributed by atoms with Gasteiger partial charge in [-0.25, -0.2) is 14.4 Å². The van der Waals surface area contributed by atoms with Crippen molar-refractivity contribution in [2.45, 2.75) is 72.1 Å². The highest BCUT2D eigenvalue weighted by Crippen LogP contribution is 2.28. The van der Waals surface area contributed by atoms with Crippen molar-refractivity contribution in [3.05, 3.63) is 76.4 Å². The molecule has 0 unspecified atom stereocenters. The average molecular weight is 491 g/mol. The Morgan fingerprint density at radius 3 is 2.61 bits per heavy atom. The van der Waals surface area contributed by atoms with Gasteiger partial charge in [-0.15, -0.1) is 0 Å². The molecule has 0 saturated carbocycles. The predicted octanol–water partition coefficient (Wildman–Crippen LogP) is 5.25. The minimum absolute atomic E-state index is 0.00998. The standard InChI is InChI=1S/C28H35FN6O/c1-5-6-23(12-19(4)32-27(36)24-8-7-21(30)13-25(24)29)35-15-20-14-31-28(34-26(20)16-35)33-22-10-17(2)9-18(3)11-22/h7-11,13-14,19,23H,5-6,12,15-16,30H2,1-4H3,(H,32,36)(H,31,33,34)/t19-,23+/m1/s1. The molecule has 4 N–H and O–H groups in total. The summed E-state index contributed by atoms with van der Waals surface area (Å²) < 4.78 is 14.2. The number of halogens is 1. The second-order valence-corrected chi connectivity index (χ2v) is 9.86. The van der Waals surface area contributed by atoms with E-state index in [2.05, 4.69) is 59.5 Å². The van der Waals surface area contributed by atoms with E-state index in [4.69, 9.17) is 10.7 Å². The van der Waals surface area contributed by atoms with Crippen LogP contribution in [-0.2, 0) is 13.1 Å². The van der Waals surface area contributed by atoms with Crippen LogP contribution in [0.2, 0.25) is 0 Å². The number of aryl methyl sites for hydroxylation is 2. The van der Waals surface area contributed by atoms with Crippen LogP contribution in [0.5, 0.6) is 0 Å². The lowest BCUT2D eigenvalue weighted by Crippen LogP contribution is -2.40. The molecule has 0 spiro atoms. The van der Waals surface area contributed by atoms with Crippen LogP contribution in [0.4, 0.5) is 21.7 Å². The van der Waals surface area contributed by atoms with Gasteiger partial charge in [-0.3, -0.25) is 9.69 Å². The first-order valence-electron chi connectivity index (χ1n) is 12.5. The maximum atomic E-state index is 14.2. The lowest BCUT2D eigenvalue weighted by molar-refractivity contribution is 0.0919. The first-order valence-corrected chi connectivity index (χ1v) is 12.5. The molecule has 1 amide bonds. The van der Waals surface area contributed by atoms with Crippen LogP contribution in [0.3, 0.4) is 0 Å². The number of amides is 1. The van der Waals surface area contributed by atoms with Gasteiger partial charge in [0, 0.05) is 48.3 Å². The summed E-state index contributed by atoms with van der Waals surface area (Å²) in [4.78, 5) is 24.4. The van der Waals surface area contributed by atoms with Gasteiger partial charge in [0.1, 0.15) is 5.82 Å². The Labute approximate surface area is 212 Å². The van der Waals surface area contributed by atoms with Crippen LogP contribution >= 0.6 is 0 Å². The molecule has 0 fully saturated rings. The fourth-order valence-electron chi connectivity index (χ4n) is 4.94. The summed E-state index contributed by atoms with van der Waals surface area (Å²) in [5.74, 6) is -0.435. The third kappa shape index (κ3) is 6.18. The number of anilines is 3. The Bertz CT molecular complexity index is 1230. The van der Waals surface area contributed by atoms with Gasteiger partial charge in [-0.05, 0) is 75.1 Å². The minimum Gasteiger partial charge on any atom is -0.399 e. The van der Waals surface area contributed by atoms with E-state index in [-0.39, 0.29) is 17.6 Å². The average Bonchev–Trinajstić information content (AvgIpc) is 3.21. The van der Waals surface area contributed by atoms with Crippen LogP contribution in [0, 0.1) is 19.7 Å². The number of fused-ring (bicyclic) bond motifs is 1. The molecule has 7 nitrogen and oxygen atoms in total. The maximum Gasteiger partial charge on any atom is 0.254 e. The van der Waals surface area contributed by atoms with Crippen LogP contribution in [0.25, 0.3) is 0 Å². The monoisotopic (exact) mass is 490 g/mol. The number of hydrogen-bond donors (Lipinski definition) is 3. The van der Waals surface area contributed by atoms with Gasteiger partial charge >= 0.3 is 0 Å². The van der Waals surface area contributed by atoms with E-state index < -0.39 is 11.7 Å². The quantitative estimate of drug-likeness (QED) is 0.355. The van der Waals surface area contributed by atoms with Crippen LogP contribution in [0.15, 0.2) is 42.6 Å². The SMILES string of the molecule is CCC[C@@H](C[C@@H](C)NC(=O)c1ccc(N)cc1F)N1Cc2cnc(Nc3cc(C)cc(C)c3)nc2C1. The number of aromatic nitrogens is 2. The number of nitrogens with one attached hydrogen (secondary N) is 2. The zero-order valence-corrected chi connectivity index (χ0v) is 21.4. The fourth-order valence-corrected chi connectivity index (χ4v) is 4.94. The second-order valence-electron chi connectivity index (χ2n) is 9.86. The van der Waals surface area contributed by atoms with E-state index in [1.165, 1.54) is 29.3 Å². The summed E-state index contributed by atoms with van der Waals surface area (Å²) in [5, 5.41) is 6.29. The minimum atomic E-state index is -0.608. The normalized spacial score (nSPS) is 14.8. The summed E-state index contributed by atoms with van der Waals surface area (Å²) in [5.41, 5.74) is 11.4. The zero-order valence-electron chi connectivity index (χ0n) is 21.4. The fraction of sp³-hybridized carbons (Fsp3) is 0.393. The van der Waals surface area contributed by atoms with Crippen molar-refractivity contribution in [1.82, 2.24) is 20.2 Å². The second kappa shape index (κ2) is 11.0. The third-order valence-corrected chi connectivity index (χ3v) is 6.54. The van der Waals surface area contributed by atoms with Crippen molar-refractivity contribution in [2.24, 2.45) is 0 Å². The summed E-state index contributed by atoms with van der Waals surface area (Å²) in [7, 11) is 0. The van der Waals surface area contributed by atoms with Crippen LogP contribution < -0.4 is 16.4 Å². The van der Waals surface area contributed by atoms with Gasteiger partial charge in [0.15, 0.2) is 0 Å². The van der Waals surface area contributed by atoms with Crippen molar-refractivity contribution < 1.29 is 9.18 Å². The lowest BCUT2D eigenvalue weighted by atomic mass is 10.0. The summed E-state index contributed by atoms with van der Waals surface area (Å²) >= 11 is 0. The van der Waals surface area contributed by atoms with Gasteiger partial charge in [0.25, 0.3) is 5.91 Å². The molecular weight excluding hydrogens is 455 g/mol. The van der Waals surface area contributed by atoms with Gasteiger partial charge in [-0.1, -0.05) is 19.4 Å². The zero-order chi connectivity index (χ0) is 25.8. The summed E-state index contributed by atoms with van der Waals surface area (Å²) in [6.07, 6.45) is 4.68. The lowest BCUT2D eigenvalue weighted by Gasteiger charge is -2.30. The molecule has 2 aromatic carbocycles. The molecule has 2 atom stereocenters. The first kappa shape index (κ1) is 25.6. The maximum absolute atomic E-state index is 14.2. The Morgan fingerprint density at radius 1 is 1.17 bits per heavy atom. The Kier molecular flexibility index (Phi) is 7.84.